The number of benzene rings is 2. The van der Waals surface area contributed by atoms with E-state index < -0.39 is 6.17 Å². The van der Waals surface area contributed by atoms with Gasteiger partial charge >= 0.3 is 0 Å². The van der Waals surface area contributed by atoms with Crippen LogP contribution < -0.4 is 0 Å². The highest BCUT2D eigenvalue weighted by Crippen LogP contribution is 2.36. The van der Waals surface area contributed by atoms with Crippen molar-refractivity contribution < 1.29 is 4.39 Å². The second-order valence-electron chi connectivity index (χ2n) is 8.01. The lowest BCUT2D eigenvalue weighted by Crippen LogP contribution is -2.32. The molecule has 1 fully saturated rings. The number of nitriles is 1. The van der Waals surface area contributed by atoms with Crippen molar-refractivity contribution in [2.75, 3.05) is 6.54 Å². The fourth-order valence-corrected chi connectivity index (χ4v) is 4.14. The summed E-state index contributed by atoms with van der Waals surface area (Å²) in [6, 6.07) is 22.0. The van der Waals surface area contributed by atoms with Gasteiger partial charge in [0.15, 0.2) is 0 Å². The fourth-order valence-electron chi connectivity index (χ4n) is 4.14. The molecule has 0 aliphatic heterocycles. The van der Waals surface area contributed by atoms with Gasteiger partial charge in [-0.1, -0.05) is 61.5 Å². The van der Waals surface area contributed by atoms with E-state index in [9.17, 15) is 4.39 Å². The second-order valence-corrected chi connectivity index (χ2v) is 8.01. The minimum Gasteiger partial charge on any atom is -0.297 e. The molecule has 2 nitrogen and oxygen atoms in total. The summed E-state index contributed by atoms with van der Waals surface area (Å²) in [5.41, 5.74) is 4.10. The molecule has 3 unspecified atom stereocenters. The van der Waals surface area contributed by atoms with Crippen molar-refractivity contribution >= 4 is 0 Å². The number of hydrogen-bond acceptors (Lipinski definition) is 2. The average Bonchev–Trinajstić information content (AvgIpc) is 3.18. The van der Waals surface area contributed by atoms with E-state index in [0.29, 0.717) is 18.4 Å². The monoisotopic (exact) mass is 394 g/mol. The summed E-state index contributed by atoms with van der Waals surface area (Å²) in [4.78, 5) is 2.55. The third kappa shape index (κ3) is 7.63. The van der Waals surface area contributed by atoms with E-state index in [1.807, 2.05) is 0 Å². The van der Waals surface area contributed by atoms with Crippen LogP contribution >= 0.6 is 0 Å². The molecular weight excluding hydrogens is 359 g/mol. The highest BCUT2D eigenvalue weighted by Gasteiger charge is 2.25. The molecule has 0 heterocycles. The zero-order chi connectivity index (χ0) is 21.1. The van der Waals surface area contributed by atoms with Crippen LogP contribution in [0.2, 0.25) is 0 Å². The summed E-state index contributed by atoms with van der Waals surface area (Å²) in [7, 11) is 0. The molecule has 3 rings (SSSR count). The van der Waals surface area contributed by atoms with Crippen LogP contribution in [0.5, 0.6) is 0 Å². The van der Waals surface area contributed by atoms with E-state index >= 15 is 0 Å². The van der Waals surface area contributed by atoms with Crippen LogP contribution in [-0.2, 0) is 13.0 Å². The van der Waals surface area contributed by atoms with Crippen molar-refractivity contribution in [3.05, 3.63) is 71.3 Å². The quantitative estimate of drug-likeness (QED) is 0.500. The van der Waals surface area contributed by atoms with E-state index in [4.69, 9.17) is 5.26 Å². The van der Waals surface area contributed by atoms with Gasteiger partial charge in [0.1, 0.15) is 6.17 Å². The third-order valence-electron chi connectivity index (χ3n) is 5.93. The Labute approximate surface area is 176 Å². The van der Waals surface area contributed by atoms with Crippen molar-refractivity contribution in [1.82, 2.24) is 4.90 Å². The van der Waals surface area contributed by atoms with Crippen molar-refractivity contribution in [1.29, 1.82) is 5.26 Å². The van der Waals surface area contributed by atoms with Gasteiger partial charge in [0.05, 0.1) is 6.07 Å². The normalized spacial score (nSPS) is 19.3. The lowest BCUT2D eigenvalue weighted by molar-refractivity contribution is 0.201. The second kappa shape index (κ2) is 12.4. The molecule has 0 saturated heterocycles. The van der Waals surface area contributed by atoms with Crippen LogP contribution in [0.25, 0.3) is 0 Å². The molecule has 1 saturated carbocycles. The van der Waals surface area contributed by atoms with Crippen molar-refractivity contribution in [2.24, 2.45) is 0 Å². The Bertz CT molecular complexity index is 736. The standard InChI is InChI=1S/C24H32FN.C2H3N/c1-3-26(18-21-7-5-4-6-8-21)19(2)9-10-20-11-13-22(14-12-20)23-15-16-24(25)17-23;1-2-3/h4-8,11-14,19,23-24H,3,9-10,15-18H2,1-2H3;1H3. The number of hydrogen-bond donors (Lipinski definition) is 0. The maximum Gasteiger partial charge on any atom is 0.101 e. The molecule has 0 amide bonds. The topological polar surface area (TPSA) is 27.0 Å². The van der Waals surface area contributed by atoms with Crippen LogP contribution in [0, 0.1) is 11.3 Å². The molecule has 2 aromatic rings. The molecule has 0 bridgehead atoms. The highest BCUT2D eigenvalue weighted by atomic mass is 19.1. The zero-order valence-corrected chi connectivity index (χ0v) is 18.2. The molecule has 2 aromatic carbocycles. The van der Waals surface area contributed by atoms with Gasteiger partial charge in [0, 0.05) is 19.5 Å². The maximum atomic E-state index is 13.4. The first kappa shape index (κ1) is 23.1. The lowest BCUT2D eigenvalue weighted by atomic mass is 9.95. The van der Waals surface area contributed by atoms with Gasteiger partial charge in [-0.25, -0.2) is 4.39 Å². The third-order valence-corrected chi connectivity index (χ3v) is 5.93. The molecule has 3 atom stereocenters. The summed E-state index contributed by atoms with van der Waals surface area (Å²) in [5.74, 6) is 0.430. The van der Waals surface area contributed by atoms with Crippen LogP contribution in [0.15, 0.2) is 54.6 Å². The summed E-state index contributed by atoms with van der Waals surface area (Å²) >= 11 is 0. The van der Waals surface area contributed by atoms with Gasteiger partial charge in [0.25, 0.3) is 0 Å². The Morgan fingerprint density at radius 2 is 1.72 bits per heavy atom. The van der Waals surface area contributed by atoms with Crippen molar-refractivity contribution in [2.45, 2.75) is 77.6 Å². The SMILES string of the molecule is CC#N.CCN(Cc1ccccc1)C(C)CCc1ccc(C2CCC(F)C2)cc1. The molecule has 156 valence electrons. The zero-order valence-electron chi connectivity index (χ0n) is 18.2. The molecule has 1 aliphatic rings. The number of aryl methyl sites for hydroxylation is 1. The first-order chi connectivity index (χ1) is 14.1. The molecular formula is C26H35FN2. The Kier molecular flexibility index (Phi) is 9.88. The van der Waals surface area contributed by atoms with Gasteiger partial charge < -0.3 is 0 Å². The first-order valence-electron chi connectivity index (χ1n) is 10.9. The lowest BCUT2D eigenvalue weighted by Gasteiger charge is -2.28. The van der Waals surface area contributed by atoms with E-state index in [2.05, 4.69) is 73.3 Å². The minimum absolute atomic E-state index is 0.430. The Morgan fingerprint density at radius 1 is 1.07 bits per heavy atom. The molecule has 1 aliphatic carbocycles. The van der Waals surface area contributed by atoms with E-state index in [1.54, 1.807) is 6.07 Å². The summed E-state index contributed by atoms with van der Waals surface area (Å²) in [6.45, 7) is 8.10. The van der Waals surface area contributed by atoms with Crippen LogP contribution in [0.3, 0.4) is 0 Å². The Morgan fingerprint density at radius 3 is 2.28 bits per heavy atom. The van der Waals surface area contributed by atoms with Crippen LogP contribution in [-0.4, -0.2) is 23.7 Å². The smallest absolute Gasteiger partial charge is 0.101 e. The predicted molar refractivity (Wildman–Crippen MR) is 120 cm³/mol. The highest BCUT2D eigenvalue weighted by molar-refractivity contribution is 5.26. The number of alkyl halides is 1. The first-order valence-corrected chi connectivity index (χ1v) is 10.9. The average molecular weight is 395 g/mol. The fraction of sp³-hybridized carbons (Fsp3) is 0.500. The molecule has 0 aromatic heterocycles. The summed E-state index contributed by atoms with van der Waals surface area (Å²) in [5, 5.41) is 7.32. The summed E-state index contributed by atoms with van der Waals surface area (Å²) < 4.78 is 13.4. The summed E-state index contributed by atoms with van der Waals surface area (Å²) in [6.07, 6.45) is 4.12. The van der Waals surface area contributed by atoms with Gasteiger partial charge in [-0.05, 0) is 68.2 Å². The van der Waals surface area contributed by atoms with Crippen LogP contribution in [0.4, 0.5) is 4.39 Å². The van der Waals surface area contributed by atoms with Crippen molar-refractivity contribution in [3.63, 3.8) is 0 Å². The predicted octanol–water partition coefficient (Wildman–Crippen LogP) is 6.67. The van der Waals surface area contributed by atoms with E-state index in [1.165, 1.54) is 23.6 Å². The molecule has 0 radical (unpaired) electrons. The molecule has 29 heavy (non-hydrogen) atoms. The Hall–Kier alpha value is -2.18. The maximum absolute atomic E-state index is 13.4. The van der Waals surface area contributed by atoms with Crippen molar-refractivity contribution in [3.8, 4) is 6.07 Å². The largest absolute Gasteiger partial charge is 0.297 e. The van der Waals surface area contributed by atoms with Gasteiger partial charge in [-0.3, -0.25) is 4.90 Å². The van der Waals surface area contributed by atoms with Gasteiger partial charge in [0.2, 0.25) is 0 Å². The number of rotatable bonds is 8. The number of nitrogens with zero attached hydrogens (tertiary/aromatic N) is 2. The van der Waals surface area contributed by atoms with Crippen LogP contribution in [0.1, 0.15) is 69.1 Å². The van der Waals surface area contributed by atoms with E-state index in [-0.39, 0.29) is 0 Å². The molecule has 0 N–H and O–H groups in total. The Balaban J connectivity index is 0.000000941. The van der Waals surface area contributed by atoms with E-state index in [0.717, 1.165) is 38.8 Å². The van der Waals surface area contributed by atoms with Gasteiger partial charge in [-0.15, -0.1) is 0 Å². The van der Waals surface area contributed by atoms with Gasteiger partial charge in [-0.2, -0.15) is 5.26 Å². The number of halogens is 1. The minimum atomic E-state index is -0.592. The molecule has 0 spiro atoms. The molecule has 3 heteroatoms.